The lowest BCUT2D eigenvalue weighted by atomic mass is 9.73. The second-order valence-electron chi connectivity index (χ2n) is 10.0. The van der Waals surface area contributed by atoms with Gasteiger partial charge >= 0.3 is 0 Å². The van der Waals surface area contributed by atoms with Gasteiger partial charge in [0.1, 0.15) is 14.8 Å². The minimum Gasteiger partial charge on any atom is -0.331 e. The molecule has 0 spiro atoms. The average Bonchev–Trinajstić information content (AvgIpc) is 3.14. The molecule has 162 valence electrons. The molecule has 3 heterocycles. The number of fused-ring (bicyclic) bond motifs is 1. The summed E-state index contributed by atoms with van der Waals surface area (Å²) in [5, 5.41) is 1.28. The van der Waals surface area contributed by atoms with E-state index in [9.17, 15) is 0 Å². The Morgan fingerprint density at radius 1 is 0.906 bits per heavy atom. The number of rotatable bonds is 3. The maximum atomic E-state index is 5.41. The molecule has 3 atom stereocenters. The Morgan fingerprint density at radius 3 is 2.28 bits per heavy atom. The Bertz CT molecular complexity index is 1180. The van der Waals surface area contributed by atoms with Crippen molar-refractivity contribution < 1.29 is 0 Å². The van der Waals surface area contributed by atoms with Crippen LogP contribution in [0.25, 0.3) is 0 Å². The lowest BCUT2D eigenvalue weighted by molar-refractivity contribution is 0.396. The van der Waals surface area contributed by atoms with Gasteiger partial charge in [-0.1, -0.05) is 90.3 Å². The van der Waals surface area contributed by atoms with E-state index >= 15 is 0 Å². The molecule has 2 nitrogen and oxygen atoms in total. The maximum Gasteiger partial charge on any atom is 0.145 e. The zero-order chi connectivity index (χ0) is 22.0. The molecule has 32 heavy (non-hydrogen) atoms. The third kappa shape index (κ3) is 2.92. The van der Waals surface area contributed by atoms with E-state index in [2.05, 4.69) is 111 Å². The van der Waals surface area contributed by atoms with Gasteiger partial charge in [0, 0.05) is 16.5 Å². The largest absolute Gasteiger partial charge is 0.331 e. The molecule has 0 amide bonds. The molecule has 2 fully saturated rings. The molecule has 0 radical (unpaired) electrons. The van der Waals surface area contributed by atoms with E-state index in [0.29, 0.717) is 5.92 Å². The molecule has 3 aromatic rings. The topological polar surface area (TPSA) is 15.6 Å². The molecule has 6 rings (SSSR count). The van der Waals surface area contributed by atoms with Gasteiger partial charge in [-0.3, -0.25) is 4.99 Å². The van der Waals surface area contributed by atoms with Crippen LogP contribution < -0.4 is 4.90 Å². The quantitative estimate of drug-likeness (QED) is 0.409. The number of nitrogens with zero attached hydrogens (tertiary/aromatic N) is 2. The van der Waals surface area contributed by atoms with E-state index in [-0.39, 0.29) is 15.3 Å². The van der Waals surface area contributed by atoms with Gasteiger partial charge in [-0.15, -0.1) is 0 Å². The Labute approximate surface area is 199 Å². The van der Waals surface area contributed by atoms with Gasteiger partial charge in [-0.2, -0.15) is 0 Å². The summed E-state index contributed by atoms with van der Waals surface area (Å²) in [7, 11) is 0. The highest BCUT2D eigenvalue weighted by Crippen LogP contribution is 2.73. The van der Waals surface area contributed by atoms with E-state index in [4.69, 9.17) is 4.99 Å². The van der Waals surface area contributed by atoms with Crippen LogP contribution in [0.15, 0.2) is 94.8 Å². The first kappa shape index (κ1) is 20.4. The molecule has 0 aliphatic carbocycles. The second kappa shape index (κ2) is 7.16. The van der Waals surface area contributed by atoms with Crippen molar-refractivity contribution in [2.75, 3.05) is 4.90 Å². The first-order valence-corrected chi connectivity index (χ1v) is 13.0. The van der Waals surface area contributed by atoms with Gasteiger partial charge in [-0.05, 0) is 62.9 Å². The van der Waals surface area contributed by atoms with Crippen molar-refractivity contribution in [3.8, 4) is 0 Å². The molecule has 4 bridgehead atoms. The average molecular weight is 457 g/mol. The van der Waals surface area contributed by atoms with Gasteiger partial charge < -0.3 is 4.90 Å². The number of benzene rings is 3. The molecular formula is C28H28N2S2. The van der Waals surface area contributed by atoms with Crippen molar-refractivity contribution in [3.05, 3.63) is 96.1 Å². The zero-order valence-corrected chi connectivity index (χ0v) is 20.4. The third-order valence-corrected chi connectivity index (χ3v) is 9.68. The van der Waals surface area contributed by atoms with Crippen molar-refractivity contribution in [2.24, 2.45) is 10.9 Å². The van der Waals surface area contributed by atoms with Crippen LogP contribution in [0.4, 0.5) is 5.69 Å². The number of anilines is 1. The van der Waals surface area contributed by atoms with Crippen LogP contribution in [-0.2, 0) is 12.0 Å². The summed E-state index contributed by atoms with van der Waals surface area (Å²) in [5.41, 5.74) is 3.90. The van der Waals surface area contributed by atoms with Crippen molar-refractivity contribution >= 4 is 34.3 Å². The highest BCUT2D eigenvalue weighted by Gasteiger charge is 2.72. The number of hydrogen-bond donors (Lipinski definition) is 0. The molecule has 0 aromatic heterocycles. The molecule has 4 heteroatoms. The van der Waals surface area contributed by atoms with Crippen LogP contribution in [0.1, 0.15) is 38.3 Å². The number of para-hydroxylation sites is 1. The molecule has 2 saturated heterocycles. The van der Waals surface area contributed by atoms with Crippen LogP contribution >= 0.6 is 23.5 Å². The van der Waals surface area contributed by atoms with Crippen LogP contribution in [-0.4, -0.2) is 14.8 Å². The second-order valence-corrected chi connectivity index (χ2v) is 12.9. The molecule has 0 unspecified atom stereocenters. The monoisotopic (exact) mass is 456 g/mol. The Balaban J connectivity index is 1.63. The number of aliphatic imine (C=N–C) groups is 1. The van der Waals surface area contributed by atoms with E-state index in [1.807, 2.05) is 23.5 Å². The smallest absolute Gasteiger partial charge is 0.145 e. The van der Waals surface area contributed by atoms with Gasteiger partial charge in [0.15, 0.2) is 0 Å². The summed E-state index contributed by atoms with van der Waals surface area (Å²) in [6, 6.07) is 31.1. The minimum absolute atomic E-state index is 0.0987. The van der Waals surface area contributed by atoms with Crippen molar-refractivity contribution in [3.63, 3.8) is 0 Å². The molecule has 3 aliphatic rings. The fourth-order valence-electron chi connectivity index (χ4n) is 5.72. The first-order chi connectivity index (χ1) is 15.4. The Kier molecular flexibility index (Phi) is 4.58. The van der Waals surface area contributed by atoms with Crippen molar-refractivity contribution in [1.82, 2.24) is 0 Å². The zero-order valence-electron chi connectivity index (χ0n) is 18.8. The van der Waals surface area contributed by atoms with Crippen LogP contribution in [0.2, 0.25) is 0 Å². The summed E-state index contributed by atoms with van der Waals surface area (Å²) in [6.07, 6.45) is 2.24. The fraction of sp³-hybridized carbons (Fsp3) is 0.321. The molecule has 0 N–H and O–H groups in total. The Hall–Kier alpha value is -2.17. The van der Waals surface area contributed by atoms with E-state index < -0.39 is 0 Å². The summed E-state index contributed by atoms with van der Waals surface area (Å²) >= 11 is 4.01. The lowest BCUT2D eigenvalue weighted by Crippen LogP contribution is -2.52. The number of hydrogen-bond acceptors (Lipinski definition) is 4. The summed E-state index contributed by atoms with van der Waals surface area (Å²) in [5.74, 6) is 0.498. The lowest BCUT2D eigenvalue weighted by Gasteiger charge is -2.46. The van der Waals surface area contributed by atoms with Gasteiger partial charge in [0.2, 0.25) is 0 Å². The third-order valence-electron chi connectivity index (χ3n) is 6.74. The molecule has 3 aliphatic heterocycles. The minimum atomic E-state index is -0.199. The van der Waals surface area contributed by atoms with Crippen molar-refractivity contribution in [2.45, 2.75) is 53.8 Å². The highest BCUT2D eigenvalue weighted by molar-refractivity contribution is 8.26. The Morgan fingerprint density at radius 2 is 1.56 bits per heavy atom. The van der Waals surface area contributed by atoms with Crippen LogP contribution in [0, 0.1) is 5.92 Å². The predicted molar refractivity (Wildman–Crippen MR) is 139 cm³/mol. The summed E-state index contributed by atoms with van der Waals surface area (Å²) in [6.45, 7) is 6.67. The molecule has 0 saturated carbocycles. The SMILES string of the molecule is CC(C)(C)N=C1S[C@@]2(Sc3ccccc3)C[C@@H]3Cc4ccccc4N2[C@]13c1ccccc1. The van der Waals surface area contributed by atoms with Crippen LogP contribution in [0.5, 0.6) is 0 Å². The fourth-order valence-corrected chi connectivity index (χ4v) is 9.47. The first-order valence-electron chi connectivity index (χ1n) is 11.4. The van der Waals surface area contributed by atoms with Gasteiger partial charge in [-0.25, -0.2) is 0 Å². The normalized spacial score (nSPS) is 29.4. The molecule has 3 aromatic carbocycles. The maximum absolute atomic E-state index is 5.41. The van der Waals surface area contributed by atoms with E-state index in [1.165, 1.54) is 26.8 Å². The summed E-state index contributed by atoms with van der Waals surface area (Å²) in [4.78, 5) is 9.49. The van der Waals surface area contributed by atoms with Gasteiger partial charge in [0.25, 0.3) is 0 Å². The number of thioether (sulfide) groups is 2. The summed E-state index contributed by atoms with van der Waals surface area (Å²) < 4.78 is -0.0987. The predicted octanol–water partition coefficient (Wildman–Crippen LogP) is 7.35. The van der Waals surface area contributed by atoms with Crippen molar-refractivity contribution in [1.29, 1.82) is 0 Å². The van der Waals surface area contributed by atoms with Crippen LogP contribution in [0.3, 0.4) is 0 Å². The standard InChI is InChI=1S/C28H28N2S2/c1-26(2,3)29-25-28(21-13-6-4-7-14-21)22-18-20-12-10-11-17-24(20)30(28)27(19-22,32-25)31-23-15-8-5-9-16-23/h4-17,22H,18-19H2,1-3H3/t22-,27-,28-/m0/s1. The van der Waals surface area contributed by atoms with Gasteiger partial charge in [0.05, 0.1) is 5.54 Å². The van der Waals surface area contributed by atoms with E-state index in [1.54, 1.807) is 0 Å². The highest BCUT2D eigenvalue weighted by atomic mass is 32.2. The van der Waals surface area contributed by atoms with E-state index in [0.717, 1.165) is 12.8 Å². The molecular weight excluding hydrogens is 428 g/mol.